The van der Waals surface area contributed by atoms with Gasteiger partial charge in [0.25, 0.3) is 5.89 Å². The van der Waals surface area contributed by atoms with Gasteiger partial charge in [0.05, 0.1) is 13.0 Å². The van der Waals surface area contributed by atoms with Crippen molar-refractivity contribution >= 4 is 11.5 Å². The molecule has 3 rings (SSSR count). The van der Waals surface area contributed by atoms with Crippen LogP contribution in [0.4, 0.5) is 0 Å². The number of carbonyl (C=O) groups is 1. The standard InChI is InChI=1S/C33H49N3O3/c1-10-22(5)28-20-33(8,9)15-12-27(28)30(21(3)4)32-35-31(36-39-32)25-18-23(6)26(24(7)19-25)13-16-34-17-14-29(37)38-11-2/h18-19,22,34H,10-17,20H2,1-9H3. The molecule has 1 aliphatic rings. The number of benzene rings is 1. The summed E-state index contributed by atoms with van der Waals surface area (Å²) in [5, 5.41) is 7.79. The highest BCUT2D eigenvalue weighted by molar-refractivity contribution is 5.79. The Balaban J connectivity index is 1.81. The van der Waals surface area contributed by atoms with Crippen molar-refractivity contribution in [2.45, 2.75) is 101 Å². The fraction of sp³-hybridized carbons (Fsp3) is 0.606. The van der Waals surface area contributed by atoms with E-state index in [1.807, 2.05) is 6.92 Å². The lowest BCUT2D eigenvalue weighted by Crippen LogP contribution is -2.22. The third-order valence-corrected chi connectivity index (χ3v) is 8.07. The highest BCUT2D eigenvalue weighted by Crippen LogP contribution is 2.46. The fourth-order valence-electron chi connectivity index (χ4n) is 5.70. The average Bonchev–Trinajstić information content (AvgIpc) is 3.35. The third-order valence-electron chi connectivity index (χ3n) is 8.07. The number of nitrogens with one attached hydrogen (secondary N) is 1. The summed E-state index contributed by atoms with van der Waals surface area (Å²) in [6.07, 6.45) is 5.75. The molecule has 1 N–H and O–H groups in total. The first-order chi connectivity index (χ1) is 18.5. The molecule has 214 valence electrons. The van der Waals surface area contributed by atoms with Crippen molar-refractivity contribution in [3.05, 3.63) is 51.4 Å². The van der Waals surface area contributed by atoms with Gasteiger partial charge in [0.1, 0.15) is 0 Å². The van der Waals surface area contributed by atoms with Gasteiger partial charge in [-0.1, -0.05) is 44.0 Å². The number of hydrogen-bond donors (Lipinski definition) is 1. The van der Waals surface area contributed by atoms with Crippen molar-refractivity contribution in [1.29, 1.82) is 0 Å². The Labute approximate surface area is 235 Å². The van der Waals surface area contributed by atoms with Gasteiger partial charge >= 0.3 is 5.97 Å². The van der Waals surface area contributed by atoms with E-state index in [1.165, 1.54) is 27.8 Å². The normalized spacial score (nSPS) is 15.8. The van der Waals surface area contributed by atoms with E-state index in [9.17, 15) is 4.79 Å². The zero-order valence-electron chi connectivity index (χ0n) is 25.7. The molecule has 0 bridgehead atoms. The zero-order valence-corrected chi connectivity index (χ0v) is 25.7. The van der Waals surface area contributed by atoms with Crippen LogP contribution in [0, 0.1) is 25.2 Å². The first-order valence-corrected chi connectivity index (χ1v) is 14.7. The van der Waals surface area contributed by atoms with Crippen LogP contribution in [0.5, 0.6) is 0 Å². The molecule has 1 atom stereocenters. The Hall–Kier alpha value is -2.73. The molecule has 2 aromatic rings. The van der Waals surface area contributed by atoms with Crippen LogP contribution in [0.1, 0.15) is 103 Å². The second-order valence-corrected chi connectivity index (χ2v) is 12.1. The minimum absolute atomic E-state index is 0.155. The van der Waals surface area contributed by atoms with E-state index in [-0.39, 0.29) is 5.97 Å². The molecular formula is C33H49N3O3. The van der Waals surface area contributed by atoms with Gasteiger partial charge in [0.2, 0.25) is 5.82 Å². The predicted octanol–water partition coefficient (Wildman–Crippen LogP) is 7.78. The minimum atomic E-state index is -0.155. The molecule has 0 spiro atoms. The van der Waals surface area contributed by atoms with Crippen molar-refractivity contribution in [1.82, 2.24) is 15.5 Å². The van der Waals surface area contributed by atoms with Gasteiger partial charge in [-0.25, -0.2) is 0 Å². The highest BCUT2D eigenvalue weighted by Gasteiger charge is 2.32. The van der Waals surface area contributed by atoms with E-state index in [0.29, 0.717) is 42.6 Å². The Morgan fingerprint density at radius 2 is 1.85 bits per heavy atom. The number of ether oxygens (including phenoxy) is 1. The molecule has 1 heterocycles. The average molecular weight is 536 g/mol. The van der Waals surface area contributed by atoms with Gasteiger partial charge in [0, 0.05) is 17.7 Å². The number of rotatable bonds is 12. The van der Waals surface area contributed by atoms with Crippen LogP contribution in [0.2, 0.25) is 0 Å². The van der Waals surface area contributed by atoms with Gasteiger partial charge < -0.3 is 14.6 Å². The zero-order chi connectivity index (χ0) is 28.7. The summed E-state index contributed by atoms with van der Waals surface area (Å²) in [5.41, 5.74) is 10.4. The highest BCUT2D eigenvalue weighted by atomic mass is 16.5. The molecule has 1 aliphatic carbocycles. The lowest BCUT2D eigenvalue weighted by atomic mass is 9.69. The Morgan fingerprint density at radius 3 is 2.46 bits per heavy atom. The van der Waals surface area contributed by atoms with Crippen LogP contribution < -0.4 is 5.32 Å². The maximum atomic E-state index is 11.5. The summed E-state index contributed by atoms with van der Waals surface area (Å²) in [6, 6.07) is 4.31. The first kappa shape index (κ1) is 30.8. The van der Waals surface area contributed by atoms with Crippen molar-refractivity contribution in [3.63, 3.8) is 0 Å². The van der Waals surface area contributed by atoms with Crippen LogP contribution in [-0.4, -0.2) is 35.8 Å². The van der Waals surface area contributed by atoms with Crippen LogP contribution in [0.15, 0.2) is 33.4 Å². The maximum absolute atomic E-state index is 11.5. The predicted molar refractivity (Wildman–Crippen MR) is 159 cm³/mol. The topological polar surface area (TPSA) is 77.2 Å². The molecule has 0 fully saturated rings. The molecule has 1 aromatic carbocycles. The van der Waals surface area contributed by atoms with Crippen LogP contribution in [0.25, 0.3) is 17.0 Å². The largest absolute Gasteiger partial charge is 0.466 e. The smallest absolute Gasteiger partial charge is 0.307 e. The molecular weight excluding hydrogens is 486 g/mol. The summed E-state index contributed by atoms with van der Waals surface area (Å²) in [4.78, 5) is 16.5. The quantitative estimate of drug-likeness (QED) is 0.221. The minimum Gasteiger partial charge on any atom is -0.466 e. The van der Waals surface area contributed by atoms with Crippen LogP contribution in [0.3, 0.4) is 0 Å². The Morgan fingerprint density at radius 1 is 1.15 bits per heavy atom. The number of esters is 1. The molecule has 0 saturated carbocycles. The molecule has 1 aromatic heterocycles. The van der Waals surface area contributed by atoms with Gasteiger partial charge in [-0.15, -0.1) is 0 Å². The summed E-state index contributed by atoms with van der Waals surface area (Å²) < 4.78 is 10.9. The lowest BCUT2D eigenvalue weighted by Gasteiger charge is -2.36. The van der Waals surface area contributed by atoms with E-state index in [2.05, 4.69) is 78.0 Å². The molecule has 6 heteroatoms. The molecule has 6 nitrogen and oxygen atoms in total. The number of hydrogen-bond acceptors (Lipinski definition) is 6. The van der Waals surface area contributed by atoms with E-state index >= 15 is 0 Å². The fourth-order valence-corrected chi connectivity index (χ4v) is 5.70. The summed E-state index contributed by atoms with van der Waals surface area (Å²) in [7, 11) is 0. The van der Waals surface area contributed by atoms with E-state index in [4.69, 9.17) is 14.2 Å². The Kier molecular flexibility index (Phi) is 10.7. The van der Waals surface area contributed by atoms with Crippen molar-refractivity contribution in [3.8, 4) is 11.4 Å². The van der Waals surface area contributed by atoms with Gasteiger partial charge in [-0.05, 0) is 119 Å². The number of carbonyl (C=O) groups excluding carboxylic acids is 1. The summed E-state index contributed by atoms with van der Waals surface area (Å²) in [6.45, 7) is 21.7. The van der Waals surface area contributed by atoms with Crippen molar-refractivity contribution < 1.29 is 14.1 Å². The van der Waals surface area contributed by atoms with E-state index < -0.39 is 0 Å². The van der Waals surface area contributed by atoms with Crippen molar-refractivity contribution in [2.24, 2.45) is 11.3 Å². The van der Waals surface area contributed by atoms with Crippen LogP contribution in [-0.2, 0) is 16.0 Å². The number of aryl methyl sites for hydroxylation is 2. The van der Waals surface area contributed by atoms with Crippen molar-refractivity contribution in [2.75, 3.05) is 19.7 Å². The van der Waals surface area contributed by atoms with Crippen LogP contribution >= 0.6 is 0 Å². The molecule has 1 unspecified atom stereocenters. The van der Waals surface area contributed by atoms with Gasteiger partial charge in [-0.2, -0.15) is 4.98 Å². The second kappa shape index (κ2) is 13.6. The number of allylic oxidation sites excluding steroid dienone is 4. The first-order valence-electron chi connectivity index (χ1n) is 14.7. The lowest BCUT2D eigenvalue weighted by molar-refractivity contribution is -0.142. The molecule has 0 saturated heterocycles. The molecule has 0 amide bonds. The maximum Gasteiger partial charge on any atom is 0.307 e. The second-order valence-electron chi connectivity index (χ2n) is 12.1. The third kappa shape index (κ3) is 7.91. The SMILES string of the molecule is CCOC(=O)CCNCCc1c(C)cc(-c2noc(C(=C(C)C)C3=C(C(C)CC)CC(C)(C)CC3)n2)cc1C. The van der Waals surface area contributed by atoms with E-state index in [1.54, 1.807) is 5.57 Å². The molecule has 0 aliphatic heterocycles. The van der Waals surface area contributed by atoms with E-state index in [0.717, 1.165) is 49.8 Å². The van der Waals surface area contributed by atoms with Gasteiger partial charge in [-0.3, -0.25) is 4.79 Å². The Bertz CT molecular complexity index is 1190. The number of aromatic nitrogens is 2. The summed E-state index contributed by atoms with van der Waals surface area (Å²) in [5.74, 6) is 1.65. The summed E-state index contributed by atoms with van der Waals surface area (Å²) >= 11 is 0. The van der Waals surface area contributed by atoms with Gasteiger partial charge in [0.15, 0.2) is 0 Å². The number of nitrogens with zero attached hydrogens (tertiary/aromatic N) is 2. The molecule has 0 radical (unpaired) electrons. The monoisotopic (exact) mass is 535 g/mol. The molecule has 39 heavy (non-hydrogen) atoms.